The highest BCUT2D eigenvalue weighted by Gasteiger charge is 2.14. The number of anilines is 3. The molecule has 0 atom stereocenters. The van der Waals surface area contributed by atoms with Crippen LogP contribution >= 0.6 is 15.9 Å². The lowest BCUT2D eigenvalue weighted by atomic mass is 10.2. The van der Waals surface area contributed by atoms with Gasteiger partial charge in [-0.05, 0) is 49.5 Å². The third-order valence-corrected chi connectivity index (χ3v) is 5.03. The van der Waals surface area contributed by atoms with Crippen LogP contribution < -0.4 is 10.2 Å². The monoisotopic (exact) mass is 397 g/mol. The Labute approximate surface area is 155 Å². The standard InChI is InChI=1S/C19H20BrN5/c1-24-8-10-25(11-9-24)17-5-3-16(4-6-17)22-19-21-13-14-12-15(20)2-7-18(14)23-19/h2-7,12-13H,8-11H2,1H3,(H,21,22,23). The van der Waals surface area contributed by atoms with E-state index in [1.165, 1.54) is 5.69 Å². The molecule has 0 saturated carbocycles. The fourth-order valence-corrected chi connectivity index (χ4v) is 3.39. The van der Waals surface area contributed by atoms with Gasteiger partial charge in [-0.25, -0.2) is 9.97 Å². The molecule has 25 heavy (non-hydrogen) atoms. The number of nitrogens with one attached hydrogen (secondary N) is 1. The first kappa shape index (κ1) is 16.3. The average Bonchev–Trinajstić information content (AvgIpc) is 2.63. The van der Waals surface area contributed by atoms with E-state index in [1.54, 1.807) is 0 Å². The SMILES string of the molecule is CN1CCN(c2ccc(Nc3ncc4cc(Br)ccc4n3)cc2)CC1. The Morgan fingerprint density at radius 1 is 1.00 bits per heavy atom. The topological polar surface area (TPSA) is 44.3 Å². The Hall–Kier alpha value is -2.18. The fourth-order valence-electron chi connectivity index (χ4n) is 3.01. The number of nitrogens with zero attached hydrogens (tertiary/aromatic N) is 4. The van der Waals surface area contributed by atoms with Gasteiger partial charge in [0.15, 0.2) is 0 Å². The van der Waals surface area contributed by atoms with Crippen molar-refractivity contribution in [2.24, 2.45) is 0 Å². The van der Waals surface area contributed by atoms with E-state index >= 15 is 0 Å². The molecule has 1 fully saturated rings. The van der Waals surface area contributed by atoms with E-state index in [0.717, 1.165) is 47.2 Å². The zero-order chi connectivity index (χ0) is 17.2. The van der Waals surface area contributed by atoms with Gasteiger partial charge in [0.2, 0.25) is 5.95 Å². The van der Waals surface area contributed by atoms with Crippen molar-refractivity contribution in [1.29, 1.82) is 0 Å². The Morgan fingerprint density at radius 3 is 2.52 bits per heavy atom. The maximum atomic E-state index is 4.57. The normalized spacial score (nSPS) is 15.5. The minimum absolute atomic E-state index is 0.613. The first-order valence-electron chi connectivity index (χ1n) is 8.40. The Kier molecular flexibility index (Phi) is 4.55. The van der Waals surface area contributed by atoms with Gasteiger partial charge in [-0.15, -0.1) is 0 Å². The molecule has 128 valence electrons. The third-order valence-electron chi connectivity index (χ3n) is 4.53. The van der Waals surface area contributed by atoms with Crippen molar-refractivity contribution < 1.29 is 0 Å². The van der Waals surface area contributed by atoms with Gasteiger partial charge in [-0.1, -0.05) is 15.9 Å². The highest BCUT2D eigenvalue weighted by atomic mass is 79.9. The van der Waals surface area contributed by atoms with Crippen molar-refractivity contribution in [1.82, 2.24) is 14.9 Å². The van der Waals surface area contributed by atoms with Crippen LogP contribution in [0.3, 0.4) is 0 Å². The molecule has 4 rings (SSSR count). The number of rotatable bonds is 3. The average molecular weight is 398 g/mol. The lowest BCUT2D eigenvalue weighted by Crippen LogP contribution is -2.44. The van der Waals surface area contributed by atoms with Crippen LogP contribution in [0.1, 0.15) is 0 Å². The molecule has 1 aliphatic rings. The smallest absolute Gasteiger partial charge is 0.227 e. The van der Waals surface area contributed by atoms with Crippen LogP contribution in [0.5, 0.6) is 0 Å². The number of piperazine rings is 1. The largest absolute Gasteiger partial charge is 0.369 e. The molecule has 0 radical (unpaired) electrons. The van der Waals surface area contributed by atoms with Crippen molar-refractivity contribution in [2.45, 2.75) is 0 Å². The highest BCUT2D eigenvalue weighted by molar-refractivity contribution is 9.10. The number of benzene rings is 2. The Morgan fingerprint density at radius 2 is 1.76 bits per heavy atom. The van der Waals surface area contributed by atoms with Crippen LogP contribution in [-0.2, 0) is 0 Å². The van der Waals surface area contributed by atoms with Gasteiger partial charge in [0.25, 0.3) is 0 Å². The minimum Gasteiger partial charge on any atom is -0.369 e. The van der Waals surface area contributed by atoms with E-state index in [1.807, 2.05) is 24.4 Å². The molecule has 2 heterocycles. The molecule has 1 aliphatic heterocycles. The number of hydrogen-bond acceptors (Lipinski definition) is 5. The molecule has 0 aliphatic carbocycles. The molecule has 3 aromatic rings. The van der Waals surface area contributed by atoms with Gasteiger partial charge >= 0.3 is 0 Å². The van der Waals surface area contributed by atoms with E-state index in [-0.39, 0.29) is 0 Å². The molecular formula is C19H20BrN5. The van der Waals surface area contributed by atoms with Crippen molar-refractivity contribution >= 4 is 44.2 Å². The van der Waals surface area contributed by atoms with E-state index < -0.39 is 0 Å². The van der Waals surface area contributed by atoms with Crippen molar-refractivity contribution in [2.75, 3.05) is 43.4 Å². The second-order valence-electron chi connectivity index (χ2n) is 6.36. The molecule has 1 aromatic heterocycles. The van der Waals surface area contributed by atoms with Gasteiger partial charge in [0, 0.05) is 53.6 Å². The van der Waals surface area contributed by atoms with Crippen LogP contribution in [-0.4, -0.2) is 48.1 Å². The summed E-state index contributed by atoms with van der Waals surface area (Å²) in [6.07, 6.45) is 1.84. The minimum atomic E-state index is 0.613. The summed E-state index contributed by atoms with van der Waals surface area (Å²) in [4.78, 5) is 13.8. The van der Waals surface area contributed by atoms with Crippen molar-refractivity contribution in [3.63, 3.8) is 0 Å². The molecule has 6 heteroatoms. The number of fused-ring (bicyclic) bond motifs is 1. The van der Waals surface area contributed by atoms with Gasteiger partial charge in [-0.3, -0.25) is 0 Å². The van der Waals surface area contributed by atoms with Crippen LogP contribution in [0.4, 0.5) is 17.3 Å². The summed E-state index contributed by atoms with van der Waals surface area (Å²) in [5.74, 6) is 0.613. The first-order chi connectivity index (χ1) is 12.2. The number of likely N-dealkylation sites (N-methyl/N-ethyl adjacent to an activating group) is 1. The molecule has 5 nitrogen and oxygen atoms in total. The van der Waals surface area contributed by atoms with Crippen LogP contribution in [0.2, 0.25) is 0 Å². The summed E-state index contributed by atoms with van der Waals surface area (Å²) < 4.78 is 1.03. The van der Waals surface area contributed by atoms with Gasteiger partial charge < -0.3 is 15.1 Å². The number of aromatic nitrogens is 2. The molecule has 1 N–H and O–H groups in total. The summed E-state index contributed by atoms with van der Waals surface area (Å²) in [7, 11) is 2.17. The number of hydrogen-bond donors (Lipinski definition) is 1. The summed E-state index contributed by atoms with van der Waals surface area (Å²) >= 11 is 3.47. The predicted molar refractivity (Wildman–Crippen MR) is 107 cm³/mol. The molecule has 1 saturated heterocycles. The van der Waals surface area contributed by atoms with Gasteiger partial charge in [0.05, 0.1) is 5.52 Å². The zero-order valence-electron chi connectivity index (χ0n) is 14.1. The van der Waals surface area contributed by atoms with Crippen LogP contribution in [0.15, 0.2) is 53.1 Å². The van der Waals surface area contributed by atoms with Crippen molar-refractivity contribution in [3.8, 4) is 0 Å². The molecule has 0 spiro atoms. The summed E-state index contributed by atoms with van der Waals surface area (Å²) in [5, 5.41) is 4.31. The molecule has 0 bridgehead atoms. The second-order valence-corrected chi connectivity index (χ2v) is 7.27. The number of halogens is 1. The molecule has 2 aromatic carbocycles. The zero-order valence-corrected chi connectivity index (χ0v) is 15.7. The lowest BCUT2D eigenvalue weighted by molar-refractivity contribution is 0.313. The molecular weight excluding hydrogens is 378 g/mol. The Bertz CT molecular complexity index is 873. The highest BCUT2D eigenvalue weighted by Crippen LogP contribution is 2.22. The quantitative estimate of drug-likeness (QED) is 0.725. The fraction of sp³-hybridized carbons (Fsp3) is 0.263. The third kappa shape index (κ3) is 3.75. The maximum absolute atomic E-state index is 4.57. The molecule has 0 amide bonds. The van der Waals surface area contributed by atoms with Crippen LogP contribution in [0, 0.1) is 0 Å². The van der Waals surface area contributed by atoms with E-state index in [2.05, 4.69) is 72.3 Å². The van der Waals surface area contributed by atoms with E-state index in [0.29, 0.717) is 5.95 Å². The Balaban J connectivity index is 1.48. The summed E-state index contributed by atoms with van der Waals surface area (Å²) in [5.41, 5.74) is 3.19. The predicted octanol–water partition coefficient (Wildman–Crippen LogP) is 3.89. The van der Waals surface area contributed by atoms with E-state index in [4.69, 9.17) is 0 Å². The first-order valence-corrected chi connectivity index (χ1v) is 9.19. The maximum Gasteiger partial charge on any atom is 0.227 e. The van der Waals surface area contributed by atoms with E-state index in [9.17, 15) is 0 Å². The van der Waals surface area contributed by atoms with Gasteiger partial charge in [-0.2, -0.15) is 0 Å². The molecule has 0 unspecified atom stereocenters. The van der Waals surface area contributed by atoms with Crippen molar-refractivity contribution in [3.05, 3.63) is 53.1 Å². The van der Waals surface area contributed by atoms with Crippen LogP contribution in [0.25, 0.3) is 10.9 Å². The summed E-state index contributed by atoms with van der Waals surface area (Å²) in [6.45, 7) is 4.38. The second kappa shape index (κ2) is 6.98. The summed E-state index contributed by atoms with van der Waals surface area (Å²) in [6, 6.07) is 14.5. The van der Waals surface area contributed by atoms with Gasteiger partial charge in [0.1, 0.15) is 0 Å². The lowest BCUT2D eigenvalue weighted by Gasteiger charge is -2.34.